The van der Waals surface area contributed by atoms with E-state index in [9.17, 15) is 4.79 Å². The van der Waals surface area contributed by atoms with E-state index in [0.29, 0.717) is 12.6 Å². The minimum Gasteiger partial charge on any atom is -0.467 e. The van der Waals surface area contributed by atoms with Crippen LogP contribution in [0.15, 0.2) is 70.7 Å². The molecule has 1 aromatic carbocycles. The summed E-state index contributed by atoms with van der Waals surface area (Å²) >= 11 is 1.69. The minimum atomic E-state index is 0.0554. The highest BCUT2D eigenvalue weighted by atomic mass is 32.1. The van der Waals surface area contributed by atoms with Crippen molar-refractivity contribution >= 4 is 23.3 Å². The van der Waals surface area contributed by atoms with Crippen molar-refractivity contribution in [2.75, 3.05) is 0 Å². The summed E-state index contributed by atoms with van der Waals surface area (Å²) in [7, 11) is 0. The molecule has 138 valence electrons. The summed E-state index contributed by atoms with van der Waals surface area (Å²) in [6.45, 7) is 0.522. The van der Waals surface area contributed by atoms with Gasteiger partial charge in [0.25, 0.3) is 0 Å². The first kappa shape index (κ1) is 17.8. The van der Waals surface area contributed by atoms with Crippen molar-refractivity contribution in [1.29, 1.82) is 0 Å². The van der Waals surface area contributed by atoms with Crippen LogP contribution in [0, 0.1) is 0 Å². The number of carbonyl (C=O) groups excluding carboxylic acids is 1. The smallest absolute Gasteiger partial charge is 0.247 e. The van der Waals surface area contributed by atoms with Crippen LogP contribution >= 0.6 is 11.3 Å². The summed E-state index contributed by atoms with van der Waals surface area (Å²) in [6, 6.07) is 16.4. The molecule has 0 spiro atoms. The zero-order valence-corrected chi connectivity index (χ0v) is 16.0. The Morgan fingerprint density at radius 1 is 1.15 bits per heavy atom. The molecule has 1 aliphatic carbocycles. The fourth-order valence-corrected chi connectivity index (χ4v) is 4.34. The molecule has 4 heteroatoms. The zero-order valence-electron chi connectivity index (χ0n) is 15.2. The lowest BCUT2D eigenvalue weighted by Gasteiger charge is -2.27. The molecule has 0 N–H and O–H groups in total. The predicted octanol–water partition coefficient (Wildman–Crippen LogP) is 5.99. The molecule has 27 heavy (non-hydrogen) atoms. The van der Waals surface area contributed by atoms with E-state index in [2.05, 4.69) is 17.5 Å². The van der Waals surface area contributed by atoms with E-state index in [1.807, 2.05) is 47.4 Å². The molecular formula is C23H23NO2S. The van der Waals surface area contributed by atoms with Crippen LogP contribution in [0.2, 0.25) is 0 Å². The van der Waals surface area contributed by atoms with Gasteiger partial charge in [-0.15, -0.1) is 11.3 Å². The fraction of sp³-hybridized carbons (Fsp3) is 0.261. The van der Waals surface area contributed by atoms with Crippen molar-refractivity contribution in [3.63, 3.8) is 0 Å². The van der Waals surface area contributed by atoms with E-state index in [0.717, 1.165) is 29.7 Å². The van der Waals surface area contributed by atoms with Gasteiger partial charge in [-0.25, -0.2) is 0 Å². The first-order valence-corrected chi connectivity index (χ1v) is 10.3. The monoisotopic (exact) mass is 377 g/mol. The predicted molar refractivity (Wildman–Crippen MR) is 110 cm³/mol. The molecule has 1 saturated carbocycles. The Morgan fingerprint density at radius 2 is 1.96 bits per heavy atom. The molecular weight excluding hydrogens is 354 g/mol. The second-order valence-electron chi connectivity index (χ2n) is 6.93. The average molecular weight is 378 g/mol. The number of hydrogen-bond donors (Lipinski definition) is 0. The van der Waals surface area contributed by atoms with E-state index < -0.39 is 0 Å². The molecule has 0 radical (unpaired) electrons. The molecule has 0 saturated heterocycles. The zero-order chi connectivity index (χ0) is 18.5. The summed E-state index contributed by atoms with van der Waals surface area (Å²) in [4.78, 5) is 16.1. The lowest BCUT2D eigenvalue weighted by molar-refractivity contribution is -0.129. The van der Waals surface area contributed by atoms with Crippen LogP contribution in [0.1, 0.15) is 37.0 Å². The van der Waals surface area contributed by atoms with Gasteiger partial charge in [0.2, 0.25) is 5.91 Å². The third kappa shape index (κ3) is 4.40. The summed E-state index contributed by atoms with van der Waals surface area (Å²) < 4.78 is 5.78. The fourth-order valence-electron chi connectivity index (χ4n) is 3.63. The molecule has 2 heterocycles. The molecule has 1 aliphatic rings. The Balaban J connectivity index is 1.51. The van der Waals surface area contributed by atoms with Crippen molar-refractivity contribution in [1.82, 2.24) is 4.90 Å². The highest BCUT2D eigenvalue weighted by Crippen LogP contribution is 2.29. The van der Waals surface area contributed by atoms with E-state index >= 15 is 0 Å². The topological polar surface area (TPSA) is 33.5 Å². The number of nitrogens with zero attached hydrogens (tertiary/aromatic N) is 1. The average Bonchev–Trinajstić information content (AvgIpc) is 3.47. The second kappa shape index (κ2) is 8.40. The van der Waals surface area contributed by atoms with Gasteiger partial charge in [0.15, 0.2) is 0 Å². The normalized spacial score (nSPS) is 14.8. The summed E-state index contributed by atoms with van der Waals surface area (Å²) in [6.07, 6.45) is 9.90. The number of carbonyl (C=O) groups is 1. The van der Waals surface area contributed by atoms with Crippen LogP contribution in [0.5, 0.6) is 0 Å². The number of rotatable bonds is 6. The van der Waals surface area contributed by atoms with Gasteiger partial charge in [-0.3, -0.25) is 4.79 Å². The van der Waals surface area contributed by atoms with Crippen molar-refractivity contribution in [3.05, 3.63) is 77.6 Å². The second-order valence-corrected chi connectivity index (χ2v) is 7.88. The van der Waals surface area contributed by atoms with Gasteiger partial charge in [-0.05, 0) is 42.0 Å². The van der Waals surface area contributed by atoms with Crippen molar-refractivity contribution in [2.24, 2.45) is 0 Å². The maximum Gasteiger partial charge on any atom is 0.247 e. The first-order valence-electron chi connectivity index (χ1n) is 9.44. The largest absolute Gasteiger partial charge is 0.467 e. The standard InChI is InChI=1S/C23H23NO2S/c25-23(13-12-18-7-2-1-3-8-18)24(20-9-4-5-10-20)16-21-15-19(17-26-21)22-11-6-14-27-22/h1-3,6-8,11-15,17,20H,4-5,9-10,16H2/b13-12+. The SMILES string of the molecule is O=C(/C=C/c1ccccc1)N(Cc1cc(-c2cccs2)co1)C1CCCC1. The van der Waals surface area contributed by atoms with Gasteiger partial charge in [0.05, 0.1) is 12.8 Å². The first-order chi connectivity index (χ1) is 13.3. The van der Waals surface area contributed by atoms with E-state index in [1.165, 1.54) is 17.7 Å². The molecule has 0 unspecified atom stereocenters. The van der Waals surface area contributed by atoms with E-state index in [1.54, 1.807) is 23.7 Å². The Kier molecular flexibility index (Phi) is 5.54. The van der Waals surface area contributed by atoms with Crippen LogP contribution in [-0.4, -0.2) is 16.8 Å². The van der Waals surface area contributed by atoms with Gasteiger partial charge in [-0.1, -0.05) is 49.2 Å². The maximum atomic E-state index is 12.9. The van der Waals surface area contributed by atoms with Gasteiger partial charge >= 0.3 is 0 Å². The van der Waals surface area contributed by atoms with Gasteiger partial charge in [0, 0.05) is 22.6 Å². The van der Waals surface area contributed by atoms with Crippen LogP contribution in [0.25, 0.3) is 16.5 Å². The molecule has 1 amide bonds. The van der Waals surface area contributed by atoms with E-state index in [-0.39, 0.29) is 5.91 Å². The number of hydrogen-bond acceptors (Lipinski definition) is 3. The quantitative estimate of drug-likeness (QED) is 0.494. The molecule has 3 nitrogen and oxygen atoms in total. The lowest BCUT2D eigenvalue weighted by atomic mass is 10.1. The highest BCUT2D eigenvalue weighted by Gasteiger charge is 2.26. The number of amides is 1. The summed E-state index contributed by atoms with van der Waals surface area (Å²) in [5, 5.41) is 2.06. The summed E-state index contributed by atoms with van der Waals surface area (Å²) in [5.41, 5.74) is 2.12. The summed E-state index contributed by atoms with van der Waals surface area (Å²) in [5.74, 6) is 0.895. The van der Waals surface area contributed by atoms with Crippen molar-refractivity contribution in [3.8, 4) is 10.4 Å². The van der Waals surface area contributed by atoms with Gasteiger partial charge in [-0.2, -0.15) is 0 Å². The molecule has 2 aromatic heterocycles. The highest BCUT2D eigenvalue weighted by molar-refractivity contribution is 7.13. The number of furan rings is 1. The Bertz CT molecular complexity index is 890. The van der Waals surface area contributed by atoms with Crippen LogP contribution < -0.4 is 0 Å². The molecule has 3 aromatic rings. The molecule has 0 bridgehead atoms. The molecule has 0 aliphatic heterocycles. The molecule has 4 rings (SSSR count). The lowest BCUT2D eigenvalue weighted by Crippen LogP contribution is -2.37. The Hall–Kier alpha value is -2.59. The molecule has 0 atom stereocenters. The number of benzene rings is 1. The minimum absolute atomic E-state index is 0.0554. The van der Waals surface area contributed by atoms with Gasteiger partial charge < -0.3 is 9.32 Å². The van der Waals surface area contributed by atoms with Crippen LogP contribution in [0.4, 0.5) is 0 Å². The Labute approximate surface area is 163 Å². The molecule has 1 fully saturated rings. The maximum absolute atomic E-state index is 12.9. The third-order valence-corrected chi connectivity index (χ3v) is 5.97. The Morgan fingerprint density at radius 3 is 2.70 bits per heavy atom. The van der Waals surface area contributed by atoms with E-state index in [4.69, 9.17) is 4.42 Å². The number of thiophene rings is 1. The van der Waals surface area contributed by atoms with Crippen LogP contribution in [0.3, 0.4) is 0 Å². The van der Waals surface area contributed by atoms with Crippen LogP contribution in [-0.2, 0) is 11.3 Å². The third-order valence-electron chi connectivity index (χ3n) is 5.05. The van der Waals surface area contributed by atoms with Crippen molar-refractivity contribution in [2.45, 2.75) is 38.3 Å². The van der Waals surface area contributed by atoms with Crippen molar-refractivity contribution < 1.29 is 9.21 Å². The van der Waals surface area contributed by atoms with Gasteiger partial charge in [0.1, 0.15) is 5.76 Å².